The number of carbonyl (C=O) groups excluding carboxylic acids is 2. The summed E-state index contributed by atoms with van der Waals surface area (Å²) >= 11 is 13.8. The number of hydrogen-bond acceptors (Lipinski definition) is 4. The van der Waals surface area contributed by atoms with E-state index in [9.17, 15) is 9.59 Å². The van der Waals surface area contributed by atoms with Crippen molar-refractivity contribution in [1.29, 1.82) is 0 Å². The van der Waals surface area contributed by atoms with Crippen LogP contribution in [0.2, 0.25) is 10.0 Å². The summed E-state index contributed by atoms with van der Waals surface area (Å²) < 4.78 is 0. The number of thiazole rings is 1. The molecule has 2 N–H and O–H groups in total. The number of nitrogens with zero attached hydrogens (tertiary/aromatic N) is 1. The third-order valence-corrected chi connectivity index (χ3v) is 5.13. The van der Waals surface area contributed by atoms with Crippen molar-refractivity contribution < 1.29 is 9.59 Å². The van der Waals surface area contributed by atoms with E-state index in [-0.39, 0.29) is 18.2 Å². The lowest BCUT2D eigenvalue weighted by atomic mass is 10.2. The van der Waals surface area contributed by atoms with E-state index < -0.39 is 0 Å². The molecule has 27 heavy (non-hydrogen) atoms. The van der Waals surface area contributed by atoms with Gasteiger partial charge in [0, 0.05) is 23.6 Å². The summed E-state index contributed by atoms with van der Waals surface area (Å²) in [5, 5.41) is 8.94. The molecule has 0 unspecified atom stereocenters. The molecule has 1 aromatic heterocycles. The van der Waals surface area contributed by atoms with Crippen molar-refractivity contribution in [2.75, 3.05) is 10.6 Å². The van der Waals surface area contributed by atoms with E-state index in [4.69, 9.17) is 23.2 Å². The average molecular weight is 420 g/mol. The Labute approximate surface area is 170 Å². The van der Waals surface area contributed by atoms with Crippen molar-refractivity contribution in [2.45, 2.75) is 13.3 Å². The maximum Gasteiger partial charge on any atom is 0.230 e. The molecule has 0 radical (unpaired) electrons. The summed E-state index contributed by atoms with van der Waals surface area (Å²) in [4.78, 5) is 27.9. The van der Waals surface area contributed by atoms with Gasteiger partial charge in [0.1, 0.15) is 5.01 Å². The van der Waals surface area contributed by atoms with Gasteiger partial charge >= 0.3 is 0 Å². The first-order valence-electron chi connectivity index (χ1n) is 7.98. The van der Waals surface area contributed by atoms with Gasteiger partial charge in [-0.2, -0.15) is 0 Å². The third kappa shape index (κ3) is 5.07. The Kier molecular flexibility index (Phi) is 6.11. The molecular formula is C19H15Cl2N3O2S. The van der Waals surface area contributed by atoms with Gasteiger partial charge < -0.3 is 10.6 Å². The molecule has 0 spiro atoms. The fourth-order valence-corrected chi connectivity index (χ4v) is 3.77. The lowest BCUT2D eigenvalue weighted by molar-refractivity contribution is -0.116. The molecule has 0 aliphatic heterocycles. The SMILES string of the molecule is CC(=O)Nc1ccc(NC(=O)Cc2csc(-c3ccccc3Cl)n2)c(Cl)c1. The van der Waals surface area contributed by atoms with E-state index in [1.165, 1.54) is 18.3 Å². The molecule has 0 saturated carbocycles. The quantitative estimate of drug-likeness (QED) is 0.592. The maximum absolute atomic E-state index is 12.3. The smallest absolute Gasteiger partial charge is 0.230 e. The van der Waals surface area contributed by atoms with Gasteiger partial charge in [-0.25, -0.2) is 4.98 Å². The Morgan fingerprint density at radius 1 is 1.07 bits per heavy atom. The van der Waals surface area contributed by atoms with Crippen molar-refractivity contribution >= 4 is 57.7 Å². The Morgan fingerprint density at radius 3 is 2.56 bits per heavy atom. The summed E-state index contributed by atoms with van der Waals surface area (Å²) in [7, 11) is 0. The molecule has 0 aliphatic rings. The van der Waals surface area contributed by atoms with E-state index in [0.717, 1.165) is 10.6 Å². The zero-order chi connectivity index (χ0) is 19.4. The van der Waals surface area contributed by atoms with Crippen LogP contribution >= 0.6 is 34.5 Å². The summed E-state index contributed by atoms with van der Waals surface area (Å²) in [5.41, 5.74) is 2.53. The molecule has 0 saturated heterocycles. The van der Waals surface area contributed by atoms with Gasteiger partial charge in [0.25, 0.3) is 0 Å². The van der Waals surface area contributed by atoms with E-state index in [2.05, 4.69) is 15.6 Å². The van der Waals surface area contributed by atoms with Crippen LogP contribution in [0.3, 0.4) is 0 Å². The third-order valence-electron chi connectivity index (χ3n) is 3.56. The molecule has 138 valence electrons. The molecule has 0 aliphatic carbocycles. The summed E-state index contributed by atoms with van der Waals surface area (Å²) in [6.45, 7) is 1.41. The Hall–Kier alpha value is -2.41. The Bertz CT molecular complexity index is 1000. The van der Waals surface area contributed by atoms with Crippen molar-refractivity contribution in [1.82, 2.24) is 4.98 Å². The molecule has 8 heteroatoms. The minimum absolute atomic E-state index is 0.116. The van der Waals surface area contributed by atoms with Gasteiger partial charge in [0.15, 0.2) is 0 Å². The highest BCUT2D eigenvalue weighted by molar-refractivity contribution is 7.13. The number of hydrogen-bond donors (Lipinski definition) is 2. The Morgan fingerprint density at radius 2 is 1.85 bits per heavy atom. The van der Waals surface area contributed by atoms with Crippen LogP contribution in [0.1, 0.15) is 12.6 Å². The van der Waals surface area contributed by atoms with Gasteiger partial charge in [0.05, 0.1) is 27.8 Å². The number of anilines is 2. The minimum atomic E-state index is -0.236. The maximum atomic E-state index is 12.3. The average Bonchev–Trinajstić information content (AvgIpc) is 3.05. The van der Waals surface area contributed by atoms with Crippen molar-refractivity contribution in [3.8, 4) is 10.6 Å². The second kappa shape index (κ2) is 8.52. The van der Waals surface area contributed by atoms with Crippen LogP contribution in [0.5, 0.6) is 0 Å². The second-order valence-corrected chi connectivity index (χ2v) is 7.40. The monoisotopic (exact) mass is 419 g/mol. The lowest BCUT2D eigenvalue weighted by Crippen LogP contribution is -2.15. The fraction of sp³-hybridized carbons (Fsp3) is 0.105. The predicted molar refractivity (Wildman–Crippen MR) is 111 cm³/mol. The molecule has 5 nitrogen and oxygen atoms in total. The van der Waals surface area contributed by atoms with Gasteiger partial charge in [-0.1, -0.05) is 41.4 Å². The molecule has 0 atom stereocenters. The first-order chi connectivity index (χ1) is 12.9. The number of aromatic nitrogens is 1. The van der Waals surface area contributed by atoms with Gasteiger partial charge in [-0.05, 0) is 24.3 Å². The molecule has 3 aromatic rings. The van der Waals surface area contributed by atoms with Crippen LogP contribution in [0.25, 0.3) is 10.6 Å². The number of amides is 2. The van der Waals surface area contributed by atoms with Crippen LogP contribution < -0.4 is 10.6 Å². The predicted octanol–water partition coefficient (Wildman–Crippen LogP) is 5.26. The first kappa shape index (κ1) is 19.4. The van der Waals surface area contributed by atoms with Crippen LogP contribution in [0.4, 0.5) is 11.4 Å². The van der Waals surface area contributed by atoms with Crippen LogP contribution in [0, 0.1) is 0 Å². The molecule has 1 heterocycles. The standard InChI is InChI=1S/C19H15Cl2N3O2S/c1-11(25)22-12-6-7-17(16(21)8-12)24-18(26)9-13-10-27-19(23-13)14-4-2-3-5-15(14)20/h2-8,10H,9H2,1H3,(H,22,25)(H,24,26). The number of benzene rings is 2. The van der Waals surface area contributed by atoms with E-state index in [1.807, 2.05) is 23.6 Å². The molecule has 2 amide bonds. The summed E-state index contributed by atoms with van der Waals surface area (Å²) in [6, 6.07) is 12.3. The van der Waals surface area contributed by atoms with Gasteiger partial charge in [0.2, 0.25) is 11.8 Å². The van der Waals surface area contributed by atoms with Crippen LogP contribution in [-0.4, -0.2) is 16.8 Å². The lowest BCUT2D eigenvalue weighted by Gasteiger charge is -2.09. The number of carbonyl (C=O) groups is 2. The first-order valence-corrected chi connectivity index (χ1v) is 9.62. The minimum Gasteiger partial charge on any atom is -0.326 e. The largest absolute Gasteiger partial charge is 0.326 e. The van der Waals surface area contributed by atoms with E-state index >= 15 is 0 Å². The zero-order valence-corrected chi connectivity index (χ0v) is 16.6. The van der Waals surface area contributed by atoms with E-state index in [0.29, 0.717) is 27.1 Å². The topological polar surface area (TPSA) is 71.1 Å². The van der Waals surface area contributed by atoms with Crippen LogP contribution in [0.15, 0.2) is 47.8 Å². The highest BCUT2D eigenvalue weighted by Gasteiger charge is 2.12. The fourth-order valence-electron chi connectivity index (χ4n) is 2.40. The van der Waals surface area contributed by atoms with Crippen molar-refractivity contribution in [2.24, 2.45) is 0 Å². The zero-order valence-electron chi connectivity index (χ0n) is 14.3. The van der Waals surface area contributed by atoms with E-state index in [1.54, 1.807) is 24.3 Å². The highest BCUT2D eigenvalue weighted by Crippen LogP contribution is 2.30. The molecule has 0 fully saturated rings. The highest BCUT2D eigenvalue weighted by atomic mass is 35.5. The second-order valence-electron chi connectivity index (χ2n) is 5.72. The summed E-state index contributed by atoms with van der Waals surface area (Å²) in [6.07, 6.45) is 0.116. The molecule has 0 bridgehead atoms. The Balaban J connectivity index is 1.66. The van der Waals surface area contributed by atoms with Gasteiger partial charge in [-0.3, -0.25) is 9.59 Å². The molecule has 2 aromatic carbocycles. The molecular weight excluding hydrogens is 405 g/mol. The van der Waals surface area contributed by atoms with Crippen molar-refractivity contribution in [3.05, 3.63) is 63.6 Å². The molecule has 3 rings (SSSR count). The van der Waals surface area contributed by atoms with Crippen LogP contribution in [-0.2, 0) is 16.0 Å². The van der Waals surface area contributed by atoms with Crippen molar-refractivity contribution in [3.63, 3.8) is 0 Å². The number of halogens is 2. The normalized spacial score (nSPS) is 10.5. The van der Waals surface area contributed by atoms with Gasteiger partial charge in [-0.15, -0.1) is 11.3 Å². The number of rotatable bonds is 5. The number of nitrogens with one attached hydrogen (secondary N) is 2. The summed E-state index contributed by atoms with van der Waals surface area (Å²) in [5.74, 6) is -0.430.